The van der Waals surface area contributed by atoms with Crippen LogP contribution in [0.3, 0.4) is 0 Å². The standard InChI is InChI=1S/C17H18ClN3O3/c1-17(2,16(24)19-3)21-15(23)14-13(22)8-10(9-20-14)11-6-4-5-7-12(11)18/h4-9,22H,1-3H3,(H,19,24)(H,21,23). The smallest absolute Gasteiger partial charge is 0.274 e. The maximum Gasteiger partial charge on any atom is 0.274 e. The molecule has 0 radical (unpaired) electrons. The van der Waals surface area contributed by atoms with Crippen LogP contribution in [0, 0.1) is 0 Å². The molecule has 0 bridgehead atoms. The summed E-state index contributed by atoms with van der Waals surface area (Å²) in [5, 5.41) is 15.6. The van der Waals surface area contributed by atoms with E-state index in [1.807, 2.05) is 6.07 Å². The van der Waals surface area contributed by atoms with Gasteiger partial charge in [-0.15, -0.1) is 0 Å². The molecule has 7 heteroatoms. The van der Waals surface area contributed by atoms with Gasteiger partial charge in [0.25, 0.3) is 5.91 Å². The number of amides is 2. The number of halogens is 1. The third-order valence-electron chi connectivity index (χ3n) is 3.49. The fourth-order valence-corrected chi connectivity index (χ4v) is 2.43. The van der Waals surface area contributed by atoms with Crippen molar-refractivity contribution in [3.63, 3.8) is 0 Å². The van der Waals surface area contributed by atoms with Crippen LogP contribution >= 0.6 is 11.6 Å². The van der Waals surface area contributed by atoms with E-state index >= 15 is 0 Å². The van der Waals surface area contributed by atoms with Crippen molar-refractivity contribution in [1.29, 1.82) is 0 Å². The van der Waals surface area contributed by atoms with Gasteiger partial charge >= 0.3 is 0 Å². The van der Waals surface area contributed by atoms with Crippen LogP contribution in [-0.4, -0.2) is 34.5 Å². The Morgan fingerprint density at radius 3 is 2.50 bits per heavy atom. The van der Waals surface area contributed by atoms with Crippen LogP contribution in [0.4, 0.5) is 0 Å². The molecule has 0 aliphatic heterocycles. The number of carbonyl (C=O) groups is 2. The topological polar surface area (TPSA) is 91.3 Å². The van der Waals surface area contributed by atoms with Gasteiger partial charge in [0.15, 0.2) is 5.69 Å². The lowest BCUT2D eigenvalue weighted by Gasteiger charge is -2.24. The molecule has 2 aromatic rings. The number of carbonyl (C=O) groups excluding carboxylic acids is 2. The number of aromatic nitrogens is 1. The SMILES string of the molecule is CNC(=O)C(C)(C)NC(=O)c1ncc(-c2ccccc2Cl)cc1O. The lowest BCUT2D eigenvalue weighted by molar-refractivity contribution is -0.125. The monoisotopic (exact) mass is 347 g/mol. The molecule has 0 aliphatic carbocycles. The molecular formula is C17H18ClN3O3. The molecule has 0 aliphatic rings. The molecule has 2 rings (SSSR count). The average Bonchev–Trinajstić information content (AvgIpc) is 2.53. The molecule has 3 N–H and O–H groups in total. The maximum atomic E-state index is 12.3. The highest BCUT2D eigenvalue weighted by Gasteiger charge is 2.30. The number of pyridine rings is 1. The zero-order chi connectivity index (χ0) is 17.9. The molecule has 24 heavy (non-hydrogen) atoms. The summed E-state index contributed by atoms with van der Waals surface area (Å²) in [7, 11) is 1.48. The minimum atomic E-state index is -1.14. The van der Waals surface area contributed by atoms with E-state index < -0.39 is 11.4 Å². The number of nitrogens with one attached hydrogen (secondary N) is 2. The number of nitrogens with zero attached hydrogens (tertiary/aromatic N) is 1. The van der Waals surface area contributed by atoms with Gasteiger partial charge in [-0.05, 0) is 26.0 Å². The second-order valence-corrected chi connectivity index (χ2v) is 6.14. The number of aromatic hydroxyl groups is 1. The molecule has 0 saturated heterocycles. The number of hydrogen-bond acceptors (Lipinski definition) is 4. The van der Waals surface area contributed by atoms with E-state index in [0.717, 1.165) is 0 Å². The van der Waals surface area contributed by atoms with Crippen LogP contribution in [-0.2, 0) is 4.79 Å². The molecule has 0 fully saturated rings. The van der Waals surface area contributed by atoms with E-state index in [1.54, 1.807) is 32.0 Å². The van der Waals surface area contributed by atoms with E-state index in [-0.39, 0.29) is 17.4 Å². The van der Waals surface area contributed by atoms with Gasteiger partial charge in [-0.1, -0.05) is 29.8 Å². The van der Waals surface area contributed by atoms with Crippen LogP contribution in [0.2, 0.25) is 5.02 Å². The summed E-state index contributed by atoms with van der Waals surface area (Å²) in [6.07, 6.45) is 1.45. The van der Waals surface area contributed by atoms with Gasteiger partial charge in [-0.25, -0.2) is 4.98 Å². The summed E-state index contributed by atoms with van der Waals surface area (Å²) in [5.74, 6) is -1.30. The quantitative estimate of drug-likeness (QED) is 0.791. The number of likely N-dealkylation sites (N-methyl/N-ethyl adjacent to an activating group) is 1. The Kier molecular flexibility index (Phi) is 5.09. The predicted octanol–water partition coefficient (Wildman–Crippen LogP) is 2.36. The minimum absolute atomic E-state index is 0.164. The van der Waals surface area contributed by atoms with E-state index in [2.05, 4.69) is 15.6 Å². The molecule has 0 saturated carbocycles. The highest BCUT2D eigenvalue weighted by molar-refractivity contribution is 6.33. The van der Waals surface area contributed by atoms with Crippen LogP contribution in [0.5, 0.6) is 5.75 Å². The second-order valence-electron chi connectivity index (χ2n) is 5.73. The first-order valence-electron chi connectivity index (χ1n) is 7.25. The Bertz CT molecular complexity index is 790. The van der Waals surface area contributed by atoms with E-state index in [4.69, 9.17) is 11.6 Å². The summed E-state index contributed by atoms with van der Waals surface area (Å²) in [4.78, 5) is 28.0. The molecule has 1 aromatic heterocycles. The van der Waals surface area contributed by atoms with Crippen LogP contribution in [0.1, 0.15) is 24.3 Å². The summed E-state index contributed by atoms with van der Waals surface area (Å²) in [5.41, 5.74) is -0.0240. The number of hydrogen-bond donors (Lipinski definition) is 3. The van der Waals surface area contributed by atoms with Gasteiger partial charge in [0, 0.05) is 29.4 Å². The lowest BCUT2D eigenvalue weighted by atomic mass is 10.0. The lowest BCUT2D eigenvalue weighted by Crippen LogP contribution is -2.54. The predicted molar refractivity (Wildman–Crippen MR) is 92.0 cm³/mol. The van der Waals surface area contributed by atoms with E-state index in [9.17, 15) is 14.7 Å². The van der Waals surface area contributed by atoms with Gasteiger partial charge in [0.2, 0.25) is 5.91 Å². The second kappa shape index (κ2) is 6.88. The van der Waals surface area contributed by atoms with Crippen molar-refractivity contribution in [2.75, 3.05) is 7.05 Å². The normalized spacial score (nSPS) is 11.0. The van der Waals surface area contributed by atoms with Crippen molar-refractivity contribution in [2.24, 2.45) is 0 Å². The molecule has 2 amide bonds. The van der Waals surface area contributed by atoms with Gasteiger partial charge in [0.1, 0.15) is 11.3 Å². The largest absolute Gasteiger partial charge is 0.505 e. The molecule has 0 atom stereocenters. The zero-order valence-corrected chi connectivity index (χ0v) is 14.3. The van der Waals surface area contributed by atoms with Gasteiger partial charge < -0.3 is 15.7 Å². The first-order valence-corrected chi connectivity index (χ1v) is 7.62. The highest BCUT2D eigenvalue weighted by atomic mass is 35.5. The van der Waals surface area contributed by atoms with E-state index in [0.29, 0.717) is 16.1 Å². The van der Waals surface area contributed by atoms with Crippen molar-refractivity contribution < 1.29 is 14.7 Å². The highest BCUT2D eigenvalue weighted by Crippen LogP contribution is 2.30. The Labute approximate surface area is 144 Å². The molecule has 0 unspecified atom stereocenters. The van der Waals surface area contributed by atoms with Crippen LogP contribution in [0.15, 0.2) is 36.5 Å². The van der Waals surface area contributed by atoms with Gasteiger partial charge in [-0.2, -0.15) is 0 Å². The zero-order valence-electron chi connectivity index (χ0n) is 13.6. The third kappa shape index (κ3) is 3.65. The van der Waals surface area contributed by atoms with Crippen LogP contribution in [0.25, 0.3) is 11.1 Å². The Morgan fingerprint density at radius 2 is 1.92 bits per heavy atom. The van der Waals surface area contributed by atoms with Crippen molar-refractivity contribution >= 4 is 23.4 Å². The maximum absolute atomic E-state index is 12.3. The molecule has 1 heterocycles. The summed E-state index contributed by atoms with van der Waals surface area (Å²) >= 11 is 6.12. The third-order valence-corrected chi connectivity index (χ3v) is 3.82. The summed E-state index contributed by atoms with van der Waals surface area (Å²) in [6.45, 7) is 3.11. The summed E-state index contributed by atoms with van der Waals surface area (Å²) < 4.78 is 0. The molecule has 0 spiro atoms. The van der Waals surface area contributed by atoms with Crippen molar-refractivity contribution in [1.82, 2.24) is 15.6 Å². The first-order chi connectivity index (χ1) is 11.3. The minimum Gasteiger partial charge on any atom is -0.505 e. The molecular weight excluding hydrogens is 330 g/mol. The number of benzene rings is 1. The molecule has 6 nitrogen and oxygen atoms in total. The van der Waals surface area contributed by atoms with Crippen molar-refractivity contribution in [2.45, 2.75) is 19.4 Å². The Morgan fingerprint density at radius 1 is 1.25 bits per heavy atom. The van der Waals surface area contributed by atoms with Crippen LogP contribution < -0.4 is 10.6 Å². The average molecular weight is 348 g/mol. The van der Waals surface area contributed by atoms with Crippen molar-refractivity contribution in [3.05, 3.63) is 47.2 Å². The molecule has 126 valence electrons. The first kappa shape index (κ1) is 17.7. The van der Waals surface area contributed by atoms with Gasteiger partial charge in [0.05, 0.1) is 0 Å². The van der Waals surface area contributed by atoms with Crippen molar-refractivity contribution in [3.8, 4) is 16.9 Å². The summed E-state index contributed by atoms with van der Waals surface area (Å²) in [6, 6.07) is 8.52. The fraction of sp³-hybridized carbons (Fsp3) is 0.235. The fourth-order valence-electron chi connectivity index (χ4n) is 2.18. The van der Waals surface area contributed by atoms with Gasteiger partial charge in [-0.3, -0.25) is 9.59 Å². The Hall–Kier alpha value is -2.60. The van der Waals surface area contributed by atoms with E-state index in [1.165, 1.54) is 19.3 Å². The Balaban J connectivity index is 2.29. The molecule has 1 aromatic carbocycles. The number of rotatable bonds is 4.